The van der Waals surface area contributed by atoms with Gasteiger partial charge in [0.05, 0.1) is 6.61 Å². The molecule has 116 valence electrons. The fraction of sp³-hybridized carbons (Fsp3) is 0.312. The van der Waals surface area contributed by atoms with E-state index in [2.05, 4.69) is 0 Å². The molecule has 1 aromatic heterocycles. The van der Waals surface area contributed by atoms with Crippen molar-refractivity contribution in [2.45, 2.75) is 27.2 Å². The lowest BCUT2D eigenvalue weighted by atomic mass is 10.0. The monoisotopic (exact) mass is 304 g/mol. The predicted molar refractivity (Wildman–Crippen MR) is 79.5 cm³/mol. The Morgan fingerprint density at radius 1 is 1.23 bits per heavy atom. The molecule has 0 bridgehead atoms. The molecule has 2 rings (SSSR count). The number of fused-ring (bicyclic) bond motifs is 1. The lowest BCUT2D eigenvalue weighted by molar-refractivity contribution is 0.0969. The molecule has 1 heterocycles. The minimum atomic E-state index is -0.915. The van der Waals surface area contributed by atoms with Crippen molar-refractivity contribution in [3.63, 3.8) is 0 Å². The maximum absolute atomic E-state index is 12.2. The molecule has 0 aliphatic rings. The number of carbonyl (C=O) groups is 2. The Kier molecular flexibility index (Phi) is 4.60. The van der Waals surface area contributed by atoms with Crippen molar-refractivity contribution in [3.05, 3.63) is 39.7 Å². The van der Waals surface area contributed by atoms with E-state index in [4.69, 9.17) is 13.9 Å². The molecule has 0 N–H and O–H groups in total. The maximum Gasteiger partial charge on any atom is 0.513 e. The van der Waals surface area contributed by atoms with Crippen LogP contribution in [0.25, 0.3) is 11.0 Å². The van der Waals surface area contributed by atoms with Crippen LogP contribution < -0.4 is 10.4 Å². The summed E-state index contributed by atoms with van der Waals surface area (Å²) in [4.78, 5) is 35.3. The van der Waals surface area contributed by atoms with Crippen LogP contribution in [0.4, 0.5) is 4.79 Å². The van der Waals surface area contributed by atoms with Gasteiger partial charge in [0.25, 0.3) is 0 Å². The molecule has 2 aromatic rings. The van der Waals surface area contributed by atoms with Crippen LogP contribution in [-0.2, 0) is 4.74 Å². The van der Waals surface area contributed by atoms with Crippen LogP contribution in [0.3, 0.4) is 0 Å². The van der Waals surface area contributed by atoms with Gasteiger partial charge < -0.3 is 13.9 Å². The maximum atomic E-state index is 12.2. The van der Waals surface area contributed by atoms with E-state index in [9.17, 15) is 14.4 Å². The highest BCUT2D eigenvalue weighted by molar-refractivity contribution is 6.09. The molecule has 0 unspecified atom stereocenters. The Bertz CT molecular complexity index is 787. The van der Waals surface area contributed by atoms with Crippen molar-refractivity contribution in [1.82, 2.24) is 0 Å². The molecule has 0 aliphatic heterocycles. The first kappa shape index (κ1) is 15.8. The van der Waals surface area contributed by atoms with E-state index in [1.807, 2.05) is 0 Å². The molecule has 1 aromatic carbocycles. The Morgan fingerprint density at radius 3 is 2.59 bits per heavy atom. The van der Waals surface area contributed by atoms with Crippen LogP contribution in [-0.4, -0.2) is 18.5 Å². The second-order valence-electron chi connectivity index (χ2n) is 4.63. The number of rotatable bonds is 4. The number of hydrogen-bond acceptors (Lipinski definition) is 6. The lowest BCUT2D eigenvalue weighted by Gasteiger charge is -2.11. The summed E-state index contributed by atoms with van der Waals surface area (Å²) in [7, 11) is 0. The fourth-order valence-corrected chi connectivity index (χ4v) is 2.13. The first-order valence-electron chi connectivity index (χ1n) is 6.93. The largest absolute Gasteiger partial charge is 0.513 e. The summed E-state index contributed by atoms with van der Waals surface area (Å²) in [6, 6.07) is 4.47. The number of benzene rings is 1. The van der Waals surface area contributed by atoms with Crippen LogP contribution in [0.2, 0.25) is 0 Å². The average Bonchev–Trinajstić information content (AvgIpc) is 2.46. The zero-order chi connectivity index (χ0) is 16.3. The number of carbonyl (C=O) groups excluding carboxylic acids is 2. The lowest BCUT2D eigenvalue weighted by Crippen LogP contribution is -2.13. The standard InChI is InChI=1S/C16H16O6/c1-4-11(17)14-12(21-16(19)20-5-2)7-6-10-9(3)8-13(18)22-15(10)14/h6-8H,4-5H2,1-3H3. The minimum absolute atomic E-state index is 0.0200. The third-order valence-corrected chi connectivity index (χ3v) is 3.14. The normalized spacial score (nSPS) is 10.5. The van der Waals surface area contributed by atoms with Gasteiger partial charge in [0, 0.05) is 17.9 Å². The van der Waals surface area contributed by atoms with E-state index in [-0.39, 0.29) is 35.7 Å². The van der Waals surface area contributed by atoms with Gasteiger partial charge in [0.2, 0.25) is 0 Å². The van der Waals surface area contributed by atoms with E-state index in [1.165, 1.54) is 12.1 Å². The summed E-state index contributed by atoms with van der Waals surface area (Å²) in [5.74, 6) is -0.273. The first-order valence-corrected chi connectivity index (χ1v) is 6.93. The van der Waals surface area contributed by atoms with Gasteiger partial charge in [-0.05, 0) is 31.5 Å². The zero-order valence-electron chi connectivity index (χ0n) is 12.6. The molecule has 0 atom stereocenters. The SMILES string of the molecule is CCOC(=O)Oc1ccc2c(C)cc(=O)oc2c1C(=O)CC. The quantitative estimate of drug-likeness (QED) is 0.373. The van der Waals surface area contributed by atoms with E-state index in [1.54, 1.807) is 26.8 Å². The smallest absolute Gasteiger partial charge is 0.434 e. The topological polar surface area (TPSA) is 82.8 Å². The predicted octanol–water partition coefficient (Wildman–Crippen LogP) is 3.23. The molecule has 0 spiro atoms. The van der Waals surface area contributed by atoms with Crippen molar-refractivity contribution >= 4 is 22.9 Å². The zero-order valence-corrected chi connectivity index (χ0v) is 12.6. The highest BCUT2D eigenvalue weighted by Gasteiger charge is 2.21. The highest BCUT2D eigenvalue weighted by Crippen LogP contribution is 2.30. The molecule has 0 fully saturated rings. The van der Waals surface area contributed by atoms with Gasteiger partial charge in [-0.1, -0.05) is 6.92 Å². The van der Waals surface area contributed by atoms with Gasteiger partial charge in [-0.25, -0.2) is 9.59 Å². The van der Waals surface area contributed by atoms with Crippen LogP contribution in [0, 0.1) is 6.92 Å². The van der Waals surface area contributed by atoms with E-state index < -0.39 is 11.8 Å². The Morgan fingerprint density at radius 2 is 1.95 bits per heavy atom. The second kappa shape index (κ2) is 6.43. The average molecular weight is 304 g/mol. The molecule has 0 saturated carbocycles. The molecule has 22 heavy (non-hydrogen) atoms. The number of aryl methyl sites for hydroxylation is 1. The summed E-state index contributed by atoms with van der Waals surface area (Å²) >= 11 is 0. The van der Waals surface area contributed by atoms with Gasteiger partial charge in [-0.3, -0.25) is 4.79 Å². The summed E-state index contributed by atoms with van der Waals surface area (Å²) in [5.41, 5.74) is 0.315. The molecule has 0 saturated heterocycles. The number of ether oxygens (including phenoxy) is 2. The van der Waals surface area contributed by atoms with Crippen molar-refractivity contribution in [1.29, 1.82) is 0 Å². The van der Waals surface area contributed by atoms with Crippen molar-refractivity contribution < 1.29 is 23.5 Å². The van der Waals surface area contributed by atoms with Gasteiger partial charge >= 0.3 is 11.8 Å². The van der Waals surface area contributed by atoms with Gasteiger partial charge in [0.1, 0.15) is 11.3 Å². The molecular formula is C16H16O6. The highest BCUT2D eigenvalue weighted by atomic mass is 16.7. The van der Waals surface area contributed by atoms with Crippen LogP contribution in [0.15, 0.2) is 27.4 Å². The summed E-state index contributed by atoms with van der Waals surface area (Å²) in [6.07, 6.45) is -0.738. The third kappa shape index (κ3) is 3.00. The third-order valence-electron chi connectivity index (χ3n) is 3.14. The van der Waals surface area contributed by atoms with E-state index in [0.717, 1.165) is 0 Å². The molecule has 0 aliphatic carbocycles. The number of Topliss-reactive ketones (excluding diaryl/α,β-unsaturated/α-hetero) is 1. The Labute approximate surface area is 126 Å². The summed E-state index contributed by atoms with van der Waals surface area (Å²) < 4.78 is 14.9. The second-order valence-corrected chi connectivity index (χ2v) is 4.63. The van der Waals surface area contributed by atoms with E-state index in [0.29, 0.717) is 10.9 Å². The van der Waals surface area contributed by atoms with Crippen molar-refractivity contribution in [3.8, 4) is 5.75 Å². The molecule has 6 heteroatoms. The van der Waals surface area contributed by atoms with Crippen LogP contribution in [0.1, 0.15) is 36.2 Å². The molecule has 0 amide bonds. The Hall–Kier alpha value is -2.63. The van der Waals surface area contributed by atoms with Crippen LogP contribution >= 0.6 is 0 Å². The van der Waals surface area contributed by atoms with Gasteiger partial charge in [-0.2, -0.15) is 0 Å². The molecular weight excluding hydrogens is 288 g/mol. The first-order chi connectivity index (χ1) is 10.5. The van der Waals surface area contributed by atoms with Crippen molar-refractivity contribution in [2.75, 3.05) is 6.61 Å². The minimum Gasteiger partial charge on any atom is -0.434 e. The van der Waals surface area contributed by atoms with E-state index >= 15 is 0 Å². The summed E-state index contributed by atoms with van der Waals surface area (Å²) in [6.45, 7) is 5.20. The van der Waals surface area contributed by atoms with Gasteiger partial charge in [-0.15, -0.1) is 0 Å². The molecule has 0 radical (unpaired) electrons. The molecule has 6 nitrogen and oxygen atoms in total. The number of hydrogen-bond donors (Lipinski definition) is 0. The Balaban J connectivity index is 2.69. The summed E-state index contributed by atoms with van der Waals surface area (Å²) in [5, 5.41) is 0.618. The fourth-order valence-electron chi connectivity index (χ4n) is 2.13. The van der Waals surface area contributed by atoms with Crippen LogP contribution in [0.5, 0.6) is 5.75 Å². The van der Waals surface area contributed by atoms with Gasteiger partial charge in [0.15, 0.2) is 11.4 Å². The van der Waals surface area contributed by atoms with Crippen molar-refractivity contribution in [2.24, 2.45) is 0 Å². The number of ketones is 1.